The summed E-state index contributed by atoms with van der Waals surface area (Å²) in [6, 6.07) is 0. The Bertz CT molecular complexity index is 202. The second-order valence-electron chi connectivity index (χ2n) is 5.96. The predicted molar refractivity (Wildman–Crippen MR) is 82.9 cm³/mol. The molecule has 1 N–H and O–H groups in total. The lowest BCUT2D eigenvalue weighted by Gasteiger charge is -2.25. The molecule has 19 heavy (non-hydrogen) atoms. The summed E-state index contributed by atoms with van der Waals surface area (Å²) in [6.45, 7) is 11.4. The minimum atomic E-state index is 1.09. The van der Waals surface area contributed by atoms with Gasteiger partial charge in [0.15, 0.2) is 0 Å². The molecule has 114 valence electrons. The Hall–Kier alpha value is -0.200. The molecule has 0 aliphatic carbocycles. The van der Waals surface area contributed by atoms with Crippen LogP contribution in [0.4, 0.5) is 0 Å². The van der Waals surface area contributed by atoms with Crippen LogP contribution >= 0.6 is 0 Å². The van der Waals surface area contributed by atoms with Gasteiger partial charge in [-0.25, -0.2) is 0 Å². The highest BCUT2D eigenvalue weighted by Crippen LogP contribution is 1.91. The summed E-state index contributed by atoms with van der Waals surface area (Å²) in [7, 11) is 8.88. The number of hydrogen-bond acceptors (Lipinski definition) is 5. The summed E-state index contributed by atoms with van der Waals surface area (Å²) in [5, 5.41) is 3.53. The predicted octanol–water partition coefficient (Wildman–Crippen LogP) is -0.683. The average Bonchev–Trinajstić information content (AvgIpc) is 2.39. The van der Waals surface area contributed by atoms with Gasteiger partial charge in [-0.3, -0.25) is 0 Å². The normalized spacial score (nSPS) is 25.9. The second-order valence-corrected chi connectivity index (χ2v) is 5.96. The number of rotatable bonds is 0. The Balaban J connectivity index is 2.37. The lowest BCUT2D eigenvalue weighted by Crippen LogP contribution is -2.38. The highest BCUT2D eigenvalue weighted by Gasteiger charge is 2.06. The smallest absolute Gasteiger partial charge is 0.0107 e. The standard InChI is InChI=1S/C14H33N5/c1-16-7-5-15-6-8-17(2)10-12-19(4)14-13-18(3)11-9-16/h15H,5-14H2,1-4H3. The second kappa shape index (κ2) is 9.66. The topological polar surface area (TPSA) is 25.0 Å². The average molecular weight is 271 g/mol. The van der Waals surface area contributed by atoms with Gasteiger partial charge in [0, 0.05) is 65.4 Å². The maximum Gasteiger partial charge on any atom is 0.0107 e. The van der Waals surface area contributed by atoms with E-state index in [1.54, 1.807) is 0 Å². The van der Waals surface area contributed by atoms with Crippen molar-refractivity contribution in [2.45, 2.75) is 0 Å². The molecule has 0 atom stereocenters. The van der Waals surface area contributed by atoms with Gasteiger partial charge in [-0.2, -0.15) is 0 Å². The van der Waals surface area contributed by atoms with Crippen LogP contribution in [0.25, 0.3) is 0 Å². The Morgan fingerprint density at radius 1 is 0.474 bits per heavy atom. The Morgan fingerprint density at radius 2 is 0.737 bits per heavy atom. The molecule has 0 saturated carbocycles. The molecule has 5 heteroatoms. The van der Waals surface area contributed by atoms with Crippen molar-refractivity contribution in [1.29, 1.82) is 0 Å². The molecule has 1 fully saturated rings. The minimum Gasteiger partial charge on any atom is -0.314 e. The van der Waals surface area contributed by atoms with Gasteiger partial charge in [0.2, 0.25) is 0 Å². The van der Waals surface area contributed by atoms with E-state index in [2.05, 4.69) is 53.1 Å². The molecule has 0 radical (unpaired) electrons. The fraction of sp³-hybridized carbons (Fsp3) is 1.00. The van der Waals surface area contributed by atoms with Crippen LogP contribution in [0.15, 0.2) is 0 Å². The molecule has 0 amide bonds. The Kier molecular flexibility index (Phi) is 8.57. The van der Waals surface area contributed by atoms with E-state index in [9.17, 15) is 0 Å². The molecule has 1 saturated heterocycles. The molecule has 0 aromatic carbocycles. The zero-order valence-corrected chi connectivity index (χ0v) is 13.4. The number of hydrogen-bond donors (Lipinski definition) is 1. The van der Waals surface area contributed by atoms with Crippen molar-refractivity contribution >= 4 is 0 Å². The first kappa shape index (κ1) is 16.9. The van der Waals surface area contributed by atoms with E-state index in [-0.39, 0.29) is 0 Å². The first-order valence-corrected chi connectivity index (χ1v) is 7.53. The molecule has 0 spiro atoms. The van der Waals surface area contributed by atoms with Crippen molar-refractivity contribution in [2.75, 3.05) is 93.6 Å². The van der Waals surface area contributed by atoms with Crippen LogP contribution in [-0.2, 0) is 0 Å². The summed E-state index contributed by atoms with van der Waals surface area (Å²) < 4.78 is 0. The Labute approximate surface area is 119 Å². The fourth-order valence-corrected chi connectivity index (χ4v) is 2.14. The van der Waals surface area contributed by atoms with Crippen molar-refractivity contribution in [3.63, 3.8) is 0 Å². The van der Waals surface area contributed by atoms with Crippen LogP contribution in [0, 0.1) is 0 Å². The van der Waals surface area contributed by atoms with Gasteiger partial charge in [-0.15, -0.1) is 0 Å². The van der Waals surface area contributed by atoms with E-state index in [0.29, 0.717) is 0 Å². The quantitative estimate of drug-likeness (QED) is 0.629. The number of likely N-dealkylation sites (N-methyl/N-ethyl adjacent to an activating group) is 4. The van der Waals surface area contributed by atoms with Crippen LogP contribution in [0.5, 0.6) is 0 Å². The van der Waals surface area contributed by atoms with E-state index in [1.165, 1.54) is 0 Å². The molecule has 1 rings (SSSR count). The third kappa shape index (κ3) is 8.55. The third-order valence-corrected chi connectivity index (χ3v) is 3.93. The molecular formula is C14H33N5. The third-order valence-electron chi connectivity index (χ3n) is 3.93. The van der Waals surface area contributed by atoms with Gasteiger partial charge < -0.3 is 24.9 Å². The largest absolute Gasteiger partial charge is 0.314 e. The lowest BCUT2D eigenvalue weighted by atomic mass is 10.4. The van der Waals surface area contributed by atoms with Crippen molar-refractivity contribution in [1.82, 2.24) is 24.9 Å². The maximum absolute atomic E-state index is 3.53. The number of nitrogens with zero attached hydrogens (tertiary/aromatic N) is 4. The van der Waals surface area contributed by atoms with Crippen LogP contribution < -0.4 is 5.32 Å². The molecule has 0 bridgehead atoms. The Morgan fingerprint density at radius 3 is 1.05 bits per heavy atom. The van der Waals surface area contributed by atoms with E-state index in [1.807, 2.05) is 0 Å². The molecule has 0 aromatic heterocycles. The van der Waals surface area contributed by atoms with E-state index in [4.69, 9.17) is 0 Å². The maximum atomic E-state index is 3.53. The first-order valence-electron chi connectivity index (χ1n) is 7.53. The summed E-state index contributed by atoms with van der Waals surface area (Å²) in [4.78, 5) is 9.70. The van der Waals surface area contributed by atoms with E-state index in [0.717, 1.165) is 65.4 Å². The molecular weight excluding hydrogens is 238 g/mol. The molecule has 1 aliphatic heterocycles. The van der Waals surface area contributed by atoms with Crippen molar-refractivity contribution in [3.8, 4) is 0 Å². The molecule has 0 unspecified atom stereocenters. The van der Waals surface area contributed by atoms with Gasteiger partial charge in [0.25, 0.3) is 0 Å². The number of nitrogens with one attached hydrogen (secondary N) is 1. The van der Waals surface area contributed by atoms with Crippen molar-refractivity contribution in [3.05, 3.63) is 0 Å². The first-order chi connectivity index (χ1) is 9.08. The van der Waals surface area contributed by atoms with Crippen LogP contribution in [0.3, 0.4) is 0 Å². The van der Waals surface area contributed by atoms with E-state index >= 15 is 0 Å². The lowest BCUT2D eigenvalue weighted by molar-refractivity contribution is 0.216. The van der Waals surface area contributed by atoms with Crippen LogP contribution in [0.1, 0.15) is 0 Å². The summed E-state index contributed by atoms with van der Waals surface area (Å²) in [6.07, 6.45) is 0. The van der Waals surface area contributed by atoms with Crippen LogP contribution in [-0.4, -0.2) is 113 Å². The molecule has 5 nitrogen and oxygen atoms in total. The highest BCUT2D eigenvalue weighted by atomic mass is 15.2. The van der Waals surface area contributed by atoms with Crippen LogP contribution in [0.2, 0.25) is 0 Å². The highest BCUT2D eigenvalue weighted by molar-refractivity contribution is 4.64. The van der Waals surface area contributed by atoms with Gasteiger partial charge in [0.05, 0.1) is 0 Å². The van der Waals surface area contributed by atoms with Crippen molar-refractivity contribution < 1.29 is 0 Å². The molecule has 0 aromatic rings. The zero-order valence-electron chi connectivity index (χ0n) is 13.4. The zero-order chi connectivity index (χ0) is 14.1. The fourth-order valence-electron chi connectivity index (χ4n) is 2.14. The summed E-state index contributed by atoms with van der Waals surface area (Å²) in [5.41, 5.74) is 0. The minimum absolute atomic E-state index is 1.09. The molecule has 1 heterocycles. The SMILES string of the molecule is CN1CCNCCN(C)CCN(C)CCN(C)CC1. The summed E-state index contributed by atoms with van der Waals surface area (Å²) >= 11 is 0. The van der Waals surface area contributed by atoms with Gasteiger partial charge >= 0.3 is 0 Å². The molecule has 1 aliphatic rings. The van der Waals surface area contributed by atoms with E-state index < -0.39 is 0 Å². The van der Waals surface area contributed by atoms with Gasteiger partial charge in [-0.05, 0) is 28.2 Å². The van der Waals surface area contributed by atoms with Crippen molar-refractivity contribution in [2.24, 2.45) is 0 Å². The van der Waals surface area contributed by atoms with Gasteiger partial charge in [0.1, 0.15) is 0 Å². The monoisotopic (exact) mass is 271 g/mol. The summed E-state index contributed by atoms with van der Waals surface area (Å²) in [5.74, 6) is 0. The van der Waals surface area contributed by atoms with Gasteiger partial charge in [-0.1, -0.05) is 0 Å².